The maximum absolute atomic E-state index is 13.1. The van der Waals surface area contributed by atoms with Gasteiger partial charge in [0.15, 0.2) is 0 Å². The SMILES string of the molecule is CN(C)CC1(C(=O)N2CC=C(C3Cc4c(Nc5ccc6ncsc6c5)ncnc4N3)CC2)CC1. The van der Waals surface area contributed by atoms with Crippen LogP contribution in [0.5, 0.6) is 0 Å². The third-order valence-electron chi connectivity index (χ3n) is 7.16. The predicted octanol–water partition coefficient (Wildman–Crippen LogP) is 3.67. The highest BCUT2D eigenvalue weighted by Gasteiger charge is 2.51. The number of benzene rings is 1. The fourth-order valence-corrected chi connectivity index (χ4v) is 5.98. The Balaban J connectivity index is 1.14. The fourth-order valence-electron chi connectivity index (χ4n) is 5.27. The van der Waals surface area contributed by atoms with E-state index in [4.69, 9.17) is 0 Å². The van der Waals surface area contributed by atoms with Crippen molar-refractivity contribution in [1.29, 1.82) is 0 Å². The lowest BCUT2D eigenvalue weighted by Gasteiger charge is -2.32. The molecule has 9 heteroatoms. The highest BCUT2D eigenvalue weighted by Crippen LogP contribution is 2.48. The maximum atomic E-state index is 13.1. The minimum atomic E-state index is -0.144. The molecule has 1 saturated carbocycles. The second-order valence-electron chi connectivity index (χ2n) is 9.91. The van der Waals surface area contributed by atoms with Crippen LogP contribution in [-0.2, 0) is 11.2 Å². The van der Waals surface area contributed by atoms with Crippen LogP contribution in [0.2, 0.25) is 0 Å². The van der Waals surface area contributed by atoms with Crippen molar-refractivity contribution in [3.05, 3.63) is 47.2 Å². The fraction of sp³-hybridized carbons (Fsp3) is 0.440. The molecule has 2 aliphatic heterocycles. The van der Waals surface area contributed by atoms with Crippen molar-refractivity contribution >= 4 is 44.8 Å². The standard InChI is InChI=1S/C25H29N7OS/c1-31(2)13-25(7-8-25)24(33)32-9-5-16(6-10-32)20-12-18-22(26-14-27-23(18)30-20)29-17-3-4-19-21(11-17)34-15-28-19/h3-5,11,14-15,20H,6-10,12-13H2,1-2H3,(H2,26,27,29,30). The van der Waals surface area contributed by atoms with Crippen molar-refractivity contribution in [3.63, 3.8) is 0 Å². The molecule has 1 unspecified atom stereocenters. The molecule has 0 bridgehead atoms. The molecule has 1 fully saturated rings. The van der Waals surface area contributed by atoms with Crippen molar-refractivity contribution in [1.82, 2.24) is 24.8 Å². The molecule has 0 saturated heterocycles. The van der Waals surface area contributed by atoms with Gasteiger partial charge in [-0.3, -0.25) is 4.79 Å². The van der Waals surface area contributed by atoms with Gasteiger partial charge in [0.2, 0.25) is 5.91 Å². The number of thiazole rings is 1. The summed E-state index contributed by atoms with van der Waals surface area (Å²) in [7, 11) is 4.10. The molecule has 3 aromatic rings. The zero-order valence-electron chi connectivity index (χ0n) is 19.5. The van der Waals surface area contributed by atoms with Crippen LogP contribution in [0.4, 0.5) is 17.3 Å². The van der Waals surface area contributed by atoms with Crippen molar-refractivity contribution in [3.8, 4) is 0 Å². The third kappa shape index (κ3) is 3.92. The van der Waals surface area contributed by atoms with Gasteiger partial charge in [-0.1, -0.05) is 6.08 Å². The minimum absolute atomic E-state index is 0.144. The first-order valence-electron chi connectivity index (χ1n) is 11.8. The molecule has 3 aliphatic rings. The predicted molar refractivity (Wildman–Crippen MR) is 136 cm³/mol. The Morgan fingerprint density at radius 2 is 2.18 bits per heavy atom. The van der Waals surface area contributed by atoms with Crippen LogP contribution in [0.15, 0.2) is 41.7 Å². The molecule has 1 aromatic carbocycles. The smallest absolute Gasteiger partial charge is 0.230 e. The van der Waals surface area contributed by atoms with E-state index in [1.54, 1.807) is 17.7 Å². The van der Waals surface area contributed by atoms with Gasteiger partial charge in [-0.25, -0.2) is 15.0 Å². The average Bonchev–Trinajstić information content (AvgIpc) is 3.26. The number of carbonyl (C=O) groups is 1. The largest absolute Gasteiger partial charge is 0.363 e. The lowest BCUT2D eigenvalue weighted by molar-refractivity contribution is -0.137. The first kappa shape index (κ1) is 21.5. The van der Waals surface area contributed by atoms with Gasteiger partial charge >= 0.3 is 0 Å². The Hall–Kier alpha value is -3.04. The highest BCUT2D eigenvalue weighted by molar-refractivity contribution is 7.16. The quantitative estimate of drug-likeness (QED) is 0.526. The van der Waals surface area contributed by atoms with E-state index in [9.17, 15) is 4.79 Å². The summed E-state index contributed by atoms with van der Waals surface area (Å²) in [6, 6.07) is 6.37. The lowest BCUT2D eigenvalue weighted by Crippen LogP contribution is -2.44. The Morgan fingerprint density at radius 3 is 2.94 bits per heavy atom. The summed E-state index contributed by atoms with van der Waals surface area (Å²) in [5, 5.41) is 7.07. The summed E-state index contributed by atoms with van der Waals surface area (Å²) >= 11 is 1.63. The average molecular weight is 476 g/mol. The van der Waals surface area contributed by atoms with Gasteiger partial charge in [0.1, 0.15) is 18.0 Å². The number of rotatable bonds is 6. The normalized spacial score (nSPS) is 20.7. The van der Waals surface area contributed by atoms with E-state index >= 15 is 0 Å². The van der Waals surface area contributed by atoms with Crippen LogP contribution in [0.1, 0.15) is 24.8 Å². The number of carbonyl (C=O) groups excluding carboxylic acids is 1. The molecule has 1 amide bonds. The highest BCUT2D eigenvalue weighted by atomic mass is 32.1. The van der Waals surface area contributed by atoms with Gasteiger partial charge < -0.3 is 20.4 Å². The molecule has 176 valence electrons. The zero-order chi connectivity index (χ0) is 23.3. The third-order valence-corrected chi connectivity index (χ3v) is 7.96. The van der Waals surface area contributed by atoms with Crippen molar-refractivity contribution in [2.45, 2.75) is 31.7 Å². The van der Waals surface area contributed by atoms with E-state index in [-0.39, 0.29) is 11.5 Å². The summed E-state index contributed by atoms with van der Waals surface area (Å²) in [6.07, 6.45) is 7.62. The Morgan fingerprint density at radius 1 is 1.29 bits per heavy atom. The second kappa shape index (κ2) is 8.32. The number of aromatic nitrogens is 3. The molecular weight excluding hydrogens is 446 g/mol. The molecule has 4 heterocycles. The van der Waals surface area contributed by atoms with Crippen LogP contribution >= 0.6 is 11.3 Å². The van der Waals surface area contributed by atoms with E-state index < -0.39 is 0 Å². The van der Waals surface area contributed by atoms with E-state index in [2.05, 4.69) is 56.7 Å². The number of hydrogen-bond acceptors (Lipinski definition) is 8. The molecular formula is C25H29N7OS. The van der Waals surface area contributed by atoms with Crippen LogP contribution in [0.3, 0.4) is 0 Å². The van der Waals surface area contributed by atoms with Gasteiger partial charge in [-0.2, -0.15) is 0 Å². The number of amides is 1. The molecule has 0 radical (unpaired) electrons. The number of fused-ring (bicyclic) bond motifs is 2. The number of hydrogen-bond donors (Lipinski definition) is 2. The Bertz CT molecular complexity index is 1280. The molecule has 1 atom stereocenters. The minimum Gasteiger partial charge on any atom is -0.363 e. The molecule has 8 nitrogen and oxygen atoms in total. The van der Waals surface area contributed by atoms with E-state index in [1.807, 2.05) is 22.5 Å². The van der Waals surface area contributed by atoms with Gasteiger partial charge in [-0.05, 0) is 57.1 Å². The van der Waals surface area contributed by atoms with Crippen molar-refractivity contribution in [2.75, 3.05) is 44.4 Å². The molecule has 6 rings (SSSR count). The van der Waals surface area contributed by atoms with Crippen LogP contribution in [0.25, 0.3) is 10.2 Å². The molecule has 0 spiro atoms. The second-order valence-corrected chi connectivity index (χ2v) is 10.8. The van der Waals surface area contributed by atoms with Crippen molar-refractivity contribution in [2.24, 2.45) is 5.41 Å². The maximum Gasteiger partial charge on any atom is 0.230 e. The van der Waals surface area contributed by atoms with Gasteiger partial charge in [0.05, 0.1) is 27.2 Å². The molecule has 1 aliphatic carbocycles. The first-order chi connectivity index (χ1) is 16.5. The summed E-state index contributed by atoms with van der Waals surface area (Å²) < 4.78 is 1.15. The van der Waals surface area contributed by atoms with Gasteiger partial charge in [0.25, 0.3) is 0 Å². The zero-order valence-corrected chi connectivity index (χ0v) is 20.4. The van der Waals surface area contributed by atoms with Crippen LogP contribution in [-0.4, -0.2) is 70.4 Å². The van der Waals surface area contributed by atoms with Crippen LogP contribution < -0.4 is 10.6 Å². The lowest BCUT2D eigenvalue weighted by atomic mass is 9.96. The molecule has 34 heavy (non-hydrogen) atoms. The van der Waals surface area contributed by atoms with Gasteiger partial charge in [-0.15, -0.1) is 11.3 Å². The summed E-state index contributed by atoms with van der Waals surface area (Å²) in [5.41, 5.74) is 6.20. The Kier molecular flexibility index (Phi) is 5.26. The van der Waals surface area contributed by atoms with Crippen LogP contribution in [0, 0.1) is 5.41 Å². The Labute approximate surface area is 203 Å². The van der Waals surface area contributed by atoms with Gasteiger partial charge in [0, 0.05) is 37.3 Å². The summed E-state index contributed by atoms with van der Waals surface area (Å²) in [4.78, 5) is 30.7. The van der Waals surface area contributed by atoms with Crippen molar-refractivity contribution < 1.29 is 4.79 Å². The van der Waals surface area contributed by atoms with E-state index in [0.717, 1.165) is 71.9 Å². The number of anilines is 3. The first-order valence-corrected chi connectivity index (χ1v) is 12.7. The summed E-state index contributed by atoms with van der Waals surface area (Å²) in [6.45, 7) is 2.34. The number of nitrogens with one attached hydrogen (secondary N) is 2. The number of nitrogens with zero attached hydrogens (tertiary/aromatic N) is 5. The van der Waals surface area contributed by atoms with E-state index in [1.165, 1.54) is 5.57 Å². The molecule has 2 aromatic heterocycles. The van der Waals surface area contributed by atoms with E-state index in [0.29, 0.717) is 12.5 Å². The monoisotopic (exact) mass is 475 g/mol. The summed E-state index contributed by atoms with van der Waals surface area (Å²) in [5.74, 6) is 2.06. The topological polar surface area (TPSA) is 86.3 Å². The molecule has 2 N–H and O–H groups in total.